The maximum atomic E-state index is 12.7. The summed E-state index contributed by atoms with van der Waals surface area (Å²) in [6, 6.07) is -0.610. The van der Waals surface area contributed by atoms with Crippen LogP contribution in [0.5, 0.6) is 0 Å². The number of hydrogen-bond acceptors (Lipinski definition) is 6. The Bertz CT molecular complexity index is 900. The summed E-state index contributed by atoms with van der Waals surface area (Å²) in [4.78, 5) is 36.9. The van der Waals surface area contributed by atoms with Crippen molar-refractivity contribution < 1.29 is 38.2 Å². The van der Waals surface area contributed by atoms with Crippen LogP contribution >= 0.6 is 0 Å². The van der Waals surface area contributed by atoms with Crippen LogP contribution in [0.2, 0.25) is 0 Å². The smallest absolute Gasteiger partial charge is 0.362 e. The second kappa shape index (κ2) is 38.0. The van der Waals surface area contributed by atoms with Gasteiger partial charge >= 0.3 is 17.9 Å². The molecule has 0 spiro atoms. The SMILES string of the molecule is CCCCCCCCCC/C=C\CCCCCCCCCCCC(=O)OC(COCCC(C(=O)O)[N+](C)(C)C)COC(=O)CCCCCCCCCCC. The van der Waals surface area contributed by atoms with E-state index in [0.29, 0.717) is 19.3 Å². The number of carbonyl (C=O) groups is 3. The minimum absolute atomic E-state index is 0.0463. The lowest BCUT2D eigenvalue weighted by Crippen LogP contribution is -2.50. The Hall–Kier alpha value is -1.93. The zero-order valence-electron chi connectivity index (χ0n) is 36.2. The number of allylic oxidation sites excluding steroid dienone is 2. The molecule has 0 aromatic rings. The van der Waals surface area contributed by atoms with Crippen molar-refractivity contribution in [3.63, 3.8) is 0 Å². The number of carbonyl (C=O) groups excluding carboxylic acids is 2. The van der Waals surface area contributed by atoms with E-state index in [1.54, 1.807) is 0 Å². The molecule has 0 fully saturated rings. The molecule has 8 heteroatoms. The van der Waals surface area contributed by atoms with Gasteiger partial charge in [-0.05, 0) is 38.5 Å². The standard InChI is InChI=1S/C46H87NO7/c1-6-8-10-12-14-16-17-18-19-20-21-22-23-24-25-26-27-29-31-33-35-37-45(49)54-42(40-52-39-38-43(46(50)51)47(3,4)5)41-53-44(48)36-34-32-30-28-15-13-11-9-7-2/h20-21,42-43H,6-19,22-41H2,1-5H3/p+1/b21-20-. The lowest BCUT2D eigenvalue weighted by molar-refractivity contribution is -0.887. The predicted molar refractivity (Wildman–Crippen MR) is 225 cm³/mol. The molecule has 0 aromatic heterocycles. The van der Waals surface area contributed by atoms with Gasteiger partial charge in [-0.3, -0.25) is 9.59 Å². The van der Waals surface area contributed by atoms with Crippen LogP contribution in [0.4, 0.5) is 0 Å². The van der Waals surface area contributed by atoms with Crippen LogP contribution < -0.4 is 0 Å². The fourth-order valence-electron chi connectivity index (χ4n) is 6.85. The first-order chi connectivity index (χ1) is 26.1. The molecule has 2 atom stereocenters. The number of nitrogens with zero attached hydrogens (tertiary/aromatic N) is 1. The Morgan fingerprint density at radius 3 is 1.33 bits per heavy atom. The van der Waals surface area contributed by atoms with E-state index in [4.69, 9.17) is 14.2 Å². The molecule has 0 rings (SSSR count). The quantitative estimate of drug-likeness (QED) is 0.0286. The summed E-state index contributed by atoms with van der Waals surface area (Å²) in [5, 5.41) is 9.60. The third-order valence-electron chi connectivity index (χ3n) is 10.4. The molecule has 0 aliphatic rings. The molecule has 0 saturated heterocycles. The highest BCUT2D eigenvalue weighted by Crippen LogP contribution is 2.15. The van der Waals surface area contributed by atoms with E-state index >= 15 is 0 Å². The maximum absolute atomic E-state index is 12.7. The minimum atomic E-state index is -0.873. The monoisotopic (exact) mass is 767 g/mol. The van der Waals surface area contributed by atoms with Crippen LogP contribution in [-0.4, -0.2) is 80.6 Å². The van der Waals surface area contributed by atoms with E-state index in [-0.39, 0.29) is 36.2 Å². The van der Waals surface area contributed by atoms with Crippen molar-refractivity contribution >= 4 is 17.9 Å². The predicted octanol–water partition coefficient (Wildman–Crippen LogP) is 12.3. The van der Waals surface area contributed by atoms with E-state index in [0.717, 1.165) is 38.5 Å². The average molecular weight is 767 g/mol. The van der Waals surface area contributed by atoms with E-state index < -0.39 is 18.1 Å². The third kappa shape index (κ3) is 35.8. The van der Waals surface area contributed by atoms with Gasteiger partial charge in [0.1, 0.15) is 6.61 Å². The number of hydrogen-bond donors (Lipinski definition) is 1. The van der Waals surface area contributed by atoms with E-state index in [9.17, 15) is 19.5 Å². The Kier molecular flexibility index (Phi) is 36.6. The van der Waals surface area contributed by atoms with Crippen molar-refractivity contribution in [2.75, 3.05) is 41.0 Å². The van der Waals surface area contributed by atoms with Crippen LogP contribution in [0.3, 0.4) is 0 Å². The molecule has 318 valence electrons. The van der Waals surface area contributed by atoms with Gasteiger partial charge in [0, 0.05) is 19.3 Å². The van der Waals surface area contributed by atoms with E-state index in [1.807, 2.05) is 21.1 Å². The molecule has 0 bridgehead atoms. The summed E-state index contributed by atoms with van der Waals surface area (Å²) in [5.74, 6) is -1.46. The first-order valence-corrected chi connectivity index (χ1v) is 22.7. The zero-order chi connectivity index (χ0) is 40.0. The lowest BCUT2D eigenvalue weighted by Gasteiger charge is -2.31. The molecule has 0 heterocycles. The first kappa shape index (κ1) is 52.1. The fraction of sp³-hybridized carbons (Fsp3) is 0.891. The highest BCUT2D eigenvalue weighted by molar-refractivity contribution is 5.72. The maximum Gasteiger partial charge on any atom is 0.362 e. The first-order valence-electron chi connectivity index (χ1n) is 22.7. The number of rotatable bonds is 41. The number of quaternary nitrogens is 1. The summed E-state index contributed by atoms with van der Waals surface area (Å²) in [6.45, 7) is 4.73. The molecule has 8 nitrogen and oxygen atoms in total. The highest BCUT2D eigenvalue weighted by Gasteiger charge is 2.31. The normalized spacial score (nSPS) is 13.0. The van der Waals surface area contributed by atoms with Crippen LogP contribution in [0.15, 0.2) is 12.2 Å². The Morgan fingerprint density at radius 1 is 0.537 bits per heavy atom. The zero-order valence-corrected chi connectivity index (χ0v) is 36.2. The van der Waals surface area contributed by atoms with Crippen molar-refractivity contribution in [3.05, 3.63) is 12.2 Å². The van der Waals surface area contributed by atoms with Gasteiger partial charge in [-0.15, -0.1) is 0 Å². The second-order valence-corrected chi connectivity index (χ2v) is 16.7. The van der Waals surface area contributed by atoms with Gasteiger partial charge < -0.3 is 23.8 Å². The van der Waals surface area contributed by atoms with E-state index in [2.05, 4.69) is 26.0 Å². The molecule has 0 amide bonds. The summed E-state index contributed by atoms with van der Waals surface area (Å²) in [7, 11) is 5.53. The van der Waals surface area contributed by atoms with Crippen molar-refractivity contribution in [1.29, 1.82) is 0 Å². The number of likely N-dealkylation sites (N-methyl/N-ethyl adjacent to an activating group) is 1. The van der Waals surface area contributed by atoms with Crippen molar-refractivity contribution in [2.45, 2.75) is 225 Å². The van der Waals surface area contributed by atoms with Crippen LogP contribution in [0.1, 0.15) is 213 Å². The average Bonchev–Trinajstić information content (AvgIpc) is 3.12. The van der Waals surface area contributed by atoms with Gasteiger partial charge in [-0.2, -0.15) is 0 Å². The highest BCUT2D eigenvalue weighted by atomic mass is 16.6. The Morgan fingerprint density at radius 2 is 0.926 bits per heavy atom. The number of aliphatic carboxylic acids is 1. The van der Waals surface area contributed by atoms with Gasteiger partial charge in [-0.25, -0.2) is 4.79 Å². The largest absolute Gasteiger partial charge is 0.477 e. The van der Waals surface area contributed by atoms with Crippen LogP contribution in [-0.2, 0) is 28.6 Å². The molecule has 0 aliphatic heterocycles. The van der Waals surface area contributed by atoms with Crippen molar-refractivity contribution in [2.24, 2.45) is 0 Å². The van der Waals surface area contributed by atoms with Gasteiger partial charge in [0.15, 0.2) is 12.1 Å². The molecular weight excluding hydrogens is 679 g/mol. The minimum Gasteiger partial charge on any atom is -0.477 e. The molecule has 2 unspecified atom stereocenters. The molecular formula is C46H88NO7+. The number of carboxylic acids is 1. The summed E-state index contributed by atoms with van der Waals surface area (Å²) in [6.07, 6.45) is 39.7. The molecule has 0 radical (unpaired) electrons. The lowest BCUT2D eigenvalue weighted by atomic mass is 10.1. The summed E-state index contributed by atoms with van der Waals surface area (Å²) < 4.78 is 17.3. The molecule has 0 aromatic carbocycles. The molecule has 0 aliphatic carbocycles. The number of esters is 2. The number of unbranched alkanes of at least 4 members (excludes halogenated alkanes) is 25. The van der Waals surface area contributed by atoms with Crippen LogP contribution in [0, 0.1) is 0 Å². The fourth-order valence-corrected chi connectivity index (χ4v) is 6.85. The van der Waals surface area contributed by atoms with Gasteiger partial charge in [-0.1, -0.05) is 167 Å². The van der Waals surface area contributed by atoms with Crippen LogP contribution in [0.25, 0.3) is 0 Å². The molecule has 0 saturated carbocycles. The van der Waals surface area contributed by atoms with Crippen molar-refractivity contribution in [1.82, 2.24) is 0 Å². The summed E-state index contributed by atoms with van der Waals surface area (Å²) in [5.41, 5.74) is 0. The topological polar surface area (TPSA) is 99.1 Å². The Labute approximate surface area is 333 Å². The van der Waals surface area contributed by atoms with Gasteiger partial charge in [0.2, 0.25) is 0 Å². The number of ether oxygens (including phenoxy) is 3. The van der Waals surface area contributed by atoms with E-state index in [1.165, 1.54) is 141 Å². The van der Waals surface area contributed by atoms with Crippen molar-refractivity contribution in [3.8, 4) is 0 Å². The third-order valence-corrected chi connectivity index (χ3v) is 10.4. The second-order valence-electron chi connectivity index (χ2n) is 16.7. The molecule has 1 N–H and O–H groups in total. The van der Waals surface area contributed by atoms with Gasteiger partial charge in [0.25, 0.3) is 0 Å². The Balaban J connectivity index is 4.20. The summed E-state index contributed by atoms with van der Waals surface area (Å²) >= 11 is 0. The molecule has 54 heavy (non-hydrogen) atoms. The van der Waals surface area contributed by atoms with Gasteiger partial charge in [0.05, 0.1) is 34.4 Å². The number of carboxylic acid groups (broad SMARTS) is 1.